The molecule has 0 radical (unpaired) electrons. The van der Waals surface area contributed by atoms with E-state index in [1.165, 1.54) is 0 Å². The summed E-state index contributed by atoms with van der Waals surface area (Å²) in [6.07, 6.45) is -0.578. The fourth-order valence-corrected chi connectivity index (χ4v) is 4.37. The minimum Gasteiger partial charge on any atom is -0.481 e. The molecule has 3 aromatic rings. The number of aliphatic carboxylic acids is 1. The summed E-state index contributed by atoms with van der Waals surface area (Å²) < 4.78 is 5.55. The molecule has 0 saturated heterocycles. The quantitative estimate of drug-likeness (QED) is 0.421. The highest BCUT2D eigenvalue weighted by molar-refractivity contribution is 5.95. The molecule has 35 heavy (non-hydrogen) atoms. The second-order valence-electron chi connectivity index (χ2n) is 8.93. The maximum absolute atomic E-state index is 12.4. The van der Waals surface area contributed by atoms with Gasteiger partial charge in [-0.15, -0.1) is 0 Å². The summed E-state index contributed by atoms with van der Waals surface area (Å²) in [4.78, 5) is 36.1. The first-order valence-corrected chi connectivity index (χ1v) is 11.6. The molecule has 1 aliphatic carbocycles. The molecular weight excluding hydrogens is 444 g/mol. The van der Waals surface area contributed by atoms with E-state index in [2.05, 4.69) is 34.9 Å². The van der Waals surface area contributed by atoms with E-state index in [9.17, 15) is 19.5 Å². The van der Waals surface area contributed by atoms with Gasteiger partial charge >= 0.3 is 12.1 Å². The van der Waals surface area contributed by atoms with Crippen LogP contribution in [0.3, 0.4) is 0 Å². The Morgan fingerprint density at radius 2 is 1.46 bits per heavy atom. The molecule has 2 amide bonds. The van der Waals surface area contributed by atoms with E-state index in [-0.39, 0.29) is 30.9 Å². The largest absolute Gasteiger partial charge is 0.481 e. The monoisotopic (exact) mass is 472 g/mol. The van der Waals surface area contributed by atoms with E-state index < -0.39 is 18.0 Å². The van der Waals surface area contributed by atoms with Crippen molar-refractivity contribution in [2.45, 2.75) is 19.8 Å². The first-order valence-electron chi connectivity index (χ1n) is 11.6. The van der Waals surface area contributed by atoms with Gasteiger partial charge in [0.15, 0.2) is 0 Å². The number of fused-ring (bicyclic) bond motifs is 3. The molecule has 3 N–H and O–H groups in total. The third-order valence-electron chi connectivity index (χ3n) is 6.34. The van der Waals surface area contributed by atoms with Crippen molar-refractivity contribution in [3.8, 4) is 11.1 Å². The van der Waals surface area contributed by atoms with Crippen molar-refractivity contribution in [1.29, 1.82) is 0 Å². The van der Waals surface area contributed by atoms with Crippen LogP contribution in [-0.4, -0.2) is 36.2 Å². The molecule has 0 spiro atoms. The highest BCUT2D eigenvalue weighted by Crippen LogP contribution is 2.44. The van der Waals surface area contributed by atoms with Gasteiger partial charge in [-0.25, -0.2) is 4.79 Å². The van der Waals surface area contributed by atoms with Crippen LogP contribution in [0.1, 0.15) is 41.3 Å². The minimum atomic E-state index is -0.942. The van der Waals surface area contributed by atoms with Gasteiger partial charge in [0, 0.05) is 23.7 Å². The van der Waals surface area contributed by atoms with E-state index in [1.807, 2.05) is 24.3 Å². The fraction of sp³-hybridized carbons (Fsp3) is 0.250. The number of ether oxygens (including phenoxy) is 1. The molecule has 1 unspecified atom stereocenters. The van der Waals surface area contributed by atoms with Crippen LogP contribution >= 0.6 is 0 Å². The van der Waals surface area contributed by atoms with Gasteiger partial charge in [0.05, 0.1) is 5.92 Å². The standard InChI is InChI=1S/C28H28N2O5/c1-17(2)24(27(32)33)15-29-26(31)18-11-13-19(14-12-18)30-28(34)35-16-25-22-9-5-3-7-20(22)21-8-4-6-10-23(21)25/h3-14,17,24-25H,15-16H2,1-2H3,(H,29,31)(H,30,34)(H,32,33). The number of hydrogen-bond donors (Lipinski definition) is 3. The minimum absolute atomic E-state index is 0.0281. The first-order chi connectivity index (χ1) is 16.8. The number of amides is 2. The molecule has 0 bridgehead atoms. The number of carbonyl (C=O) groups excluding carboxylic acids is 2. The van der Waals surface area contributed by atoms with E-state index in [1.54, 1.807) is 38.1 Å². The van der Waals surface area contributed by atoms with Gasteiger partial charge in [0.25, 0.3) is 5.91 Å². The van der Waals surface area contributed by atoms with Crippen LogP contribution in [0.5, 0.6) is 0 Å². The molecule has 0 saturated carbocycles. The summed E-state index contributed by atoms with van der Waals surface area (Å²) in [5.74, 6) is -2.10. The van der Waals surface area contributed by atoms with Crippen molar-refractivity contribution < 1.29 is 24.2 Å². The van der Waals surface area contributed by atoms with Gasteiger partial charge in [0.1, 0.15) is 6.61 Å². The lowest BCUT2D eigenvalue weighted by Gasteiger charge is -2.17. The lowest BCUT2D eigenvalue weighted by molar-refractivity contribution is -0.142. The summed E-state index contributed by atoms with van der Waals surface area (Å²) in [5, 5.41) is 14.6. The zero-order chi connectivity index (χ0) is 24.9. The Morgan fingerprint density at radius 3 is 2.00 bits per heavy atom. The van der Waals surface area contributed by atoms with Gasteiger partial charge in [-0.2, -0.15) is 0 Å². The van der Waals surface area contributed by atoms with E-state index in [4.69, 9.17) is 4.74 Å². The van der Waals surface area contributed by atoms with Crippen molar-refractivity contribution in [2.24, 2.45) is 11.8 Å². The molecule has 0 fully saturated rings. The van der Waals surface area contributed by atoms with Crippen LogP contribution in [0, 0.1) is 11.8 Å². The second kappa shape index (κ2) is 10.4. The van der Waals surface area contributed by atoms with Gasteiger partial charge in [0.2, 0.25) is 0 Å². The van der Waals surface area contributed by atoms with E-state index in [0.29, 0.717) is 11.3 Å². The van der Waals surface area contributed by atoms with Gasteiger partial charge in [-0.1, -0.05) is 62.4 Å². The van der Waals surface area contributed by atoms with Crippen molar-refractivity contribution in [2.75, 3.05) is 18.5 Å². The van der Waals surface area contributed by atoms with Crippen molar-refractivity contribution >= 4 is 23.7 Å². The molecule has 180 valence electrons. The summed E-state index contributed by atoms with van der Waals surface area (Å²) in [6.45, 7) is 3.86. The van der Waals surface area contributed by atoms with Crippen LogP contribution in [0.25, 0.3) is 11.1 Å². The first kappa shape index (κ1) is 24.0. The average molecular weight is 473 g/mol. The van der Waals surface area contributed by atoms with Crippen LogP contribution in [-0.2, 0) is 9.53 Å². The highest BCUT2D eigenvalue weighted by Gasteiger charge is 2.29. The summed E-state index contributed by atoms with van der Waals surface area (Å²) in [6, 6.07) is 22.6. The lowest BCUT2D eigenvalue weighted by atomic mass is 9.96. The number of nitrogens with one attached hydrogen (secondary N) is 2. The highest BCUT2D eigenvalue weighted by atomic mass is 16.5. The SMILES string of the molecule is CC(C)C(CNC(=O)c1ccc(NC(=O)OCC2c3ccccc3-c3ccccc32)cc1)C(=O)O. The molecular formula is C28H28N2O5. The number of carbonyl (C=O) groups is 3. The Labute approximate surface area is 204 Å². The van der Waals surface area contributed by atoms with Crippen LogP contribution < -0.4 is 10.6 Å². The third kappa shape index (κ3) is 5.35. The number of carboxylic acid groups (broad SMARTS) is 1. The van der Waals surface area contributed by atoms with Crippen molar-refractivity contribution in [3.05, 3.63) is 89.5 Å². The number of rotatable bonds is 8. The number of carboxylic acids is 1. The molecule has 3 aromatic carbocycles. The van der Waals surface area contributed by atoms with Crippen LogP contribution in [0.15, 0.2) is 72.8 Å². The normalized spacial score (nSPS) is 13.0. The summed E-state index contributed by atoms with van der Waals surface area (Å²) in [7, 11) is 0. The number of benzene rings is 3. The van der Waals surface area contributed by atoms with Crippen LogP contribution in [0.2, 0.25) is 0 Å². The molecule has 7 heteroatoms. The zero-order valence-corrected chi connectivity index (χ0v) is 19.7. The zero-order valence-electron chi connectivity index (χ0n) is 19.7. The van der Waals surface area contributed by atoms with Crippen LogP contribution in [0.4, 0.5) is 10.5 Å². The Hall–Kier alpha value is -4.13. The molecule has 4 rings (SSSR count). The maximum atomic E-state index is 12.4. The molecule has 0 aromatic heterocycles. The second-order valence-corrected chi connectivity index (χ2v) is 8.93. The van der Waals surface area contributed by atoms with Gasteiger partial charge in [-0.05, 0) is 52.4 Å². The predicted octanol–water partition coefficient (Wildman–Crippen LogP) is 5.13. The van der Waals surface area contributed by atoms with Crippen molar-refractivity contribution in [1.82, 2.24) is 5.32 Å². The van der Waals surface area contributed by atoms with Gasteiger partial charge in [-0.3, -0.25) is 14.9 Å². The van der Waals surface area contributed by atoms with E-state index >= 15 is 0 Å². The topological polar surface area (TPSA) is 105 Å². The lowest BCUT2D eigenvalue weighted by Crippen LogP contribution is -2.35. The predicted molar refractivity (Wildman–Crippen MR) is 133 cm³/mol. The van der Waals surface area contributed by atoms with E-state index in [0.717, 1.165) is 22.3 Å². The van der Waals surface area contributed by atoms with Gasteiger partial charge < -0.3 is 15.2 Å². The smallest absolute Gasteiger partial charge is 0.411 e. The summed E-state index contributed by atoms with van der Waals surface area (Å²) in [5.41, 5.74) is 5.46. The average Bonchev–Trinajstić information content (AvgIpc) is 3.16. The number of anilines is 1. The van der Waals surface area contributed by atoms with Crippen molar-refractivity contribution in [3.63, 3.8) is 0 Å². The number of hydrogen-bond acceptors (Lipinski definition) is 4. The third-order valence-corrected chi connectivity index (χ3v) is 6.34. The molecule has 0 heterocycles. The Balaban J connectivity index is 1.32. The Kier molecular flexibility index (Phi) is 7.15. The Bertz CT molecular complexity index is 1190. The summed E-state index contributed by atoms with van der Waals surface area (Å²) >= 11 is 0. The maximum Gasteiger partial charge on any atom is 0.411 e. The molecule has 1 aliphatic rings. The molecule has 7 nitrogen and oxygen atoms in total. The molecule has 1 atom stereocenters. The molecule has 0 aliphatic heterocycles. The Morgan fingerprint density at radius 1 is 0.886 bits per heavy atom. The fourth-order valence-electron chi connectivity index (χ4n) is 4.37.